The molecule has 0 fully saturated rings. The van der Waals surface area contributed by atoms with Crippen molar-refractivity contribution in [1.82, 2.24) is 10.6 Å². The summed E-state index contributed by atoms with van der Waals surface area (Å²) in [6.45, 7) is 4.99. The molecule has 0 aliphatic carbocycles. The third kappa shape index (κ3) is 21.4. The van der Waals surface area contributed by atoms with Crippen LogP contribution < -0.4 is 10.6 Å². The SMILES string of the molecule is CCCCCCCCCCCCCCCCOCCCNC(=O)CNC. The first kappa shape index (κ1) is 25.4. The number of carbonyl (C=O) groups excluding carboxylic acids is 1. The van der Waals surface area contributed by atoms with Gasteiger partial charge in [-0.15, -0.1) is 0 Å². The van der Waals surface area contributed by atoms with Crippen LogP contribution in [0.5, 0.6) is 0 Å². The van der Waals surface area contributed by atoms with Gasteiger partial charge in [0, 0.05) is 19.8 Å². The normalized spacial score (nSPS) is 11.0. The van der Waals surface area contributed by atoms with E-state index in [1.54, 1.807) is 7.05 Å². The summed E-state index contributed by atoms with van der Waals surface area (Å²) in [7, 11) is 1.78. The van der Waals surface area contributed by atoms with Crippen molar-refractivity contribution in [2.24, 2.45) is 0 Å². The van der Waals surface area contributed by atoms with Gasteiger partial charge in [-0.05, 0) is 19.9 Å². The van der Waals surface area contributed by atoms with E-state index in [2.05, 4.69) is 17.6 Å². The summed E-state index contributed by atoms with van der Waals surface area (Å²) < 4.78 is 5.62. The van der Waals surface area contributed by atoms with Gasteiger partial charge in [0.1, 0.15) is 0 Å². The molecule has 0 unspecified atom stereocenters. The molecule has 4 heteroatoms. The molecule has 4 nitrogen and oxygen atoms in total. The molecule has 0 aromatic carbocycles. The number of unbranched alkanes of at least 4 members (excludes halogenated alkanes) is 13. The number of hydrogen-bond donors (Lipinski definition) is 2. The minimum Gasteiger partial charge on any atom is -0.381 e. The lowest BCUT2D eigenvalue weighted by Crippen LogP contribution is -2.33. The van der Waals surface area contributed by atoms with Gasteiger partial charge in [-0.2, -0.15) is 0 Å². The number of rotatable bonds is 21. The Morgan fingerprint density at radius 2 is 1.15 bits per heavy atom. The van der Waals surface area contributed by atoms with E-state index >= 15 is 0 Å². The van der Waals surface area contributed by atoms with Crippen LogP contribution in [0.3, 0.4) is 0 Å². The van der Waals surface area contributed by atoms with E-state index < -0.39 is 0 Å². The van der Waals surface area contributed by atoms with Crippen molar-refractivity contribution < 1.29 is 9.53 Å². The molecule has 156 valence electrons. The fourth-order valence-electron chi connectivity index (χ4n) is 3.13. The predicted octanol–water partition coefficient (Wildman–Crippen LogP) is 5.21. The van der Waals surface area contributed by atoms with Crippen molar-refractivity contribution in [2.45, 2.75) is 103 Å². The maximum Gasteiger partial charge on any atom is 0.233 e. The van der Waals surface area contributed by atoms with E-state index in [0.29, 0.717) is 13.1 Å². The molecule has 0 aromatic heterocycles. The molecule has 1 amide bonds. The highest BCUT2D eigenvalue weighted by Gasteiger charge is 1.97. The van der Waals surface area contributed by atoms with Crippen LogP contribution in [-0.4, -0.2) is 39.3 Å². The molecule has 0 rings (SSSR count). The molecule has 0 aliphatic rings. The van der Waals surface area contributed by atoms with Gasteiger partial charge in [0.2, 0.25) is 5.91 Å². The Morgan fingerprint density at radius 1 is 0.692 bits per heavy atom. The summed E-state index contributed by atoms with van der Waals surface area (Å²) in [5.74, 6) is 0.0551. The largest absolute Gasteiger partial charge is 0.381 e. The van der Waals surface area contributed by atoms with Gasteiger partial charge in [0.05, 0.1) is 6.54 Å². The van der Waals surface area contributed by atoms with Gasteiger partial charge < -0.3 is 15.4 Å². The Labute approximate surface area is 163 Å². The summed E-state index contributed by atoms with van der Waals surface area (Å²) in [6, 6.07) is 0. The molecule has 0 aromatic rings. The topological polar surface area (TPSA) is 50.4 Å². The van der Waals surface area contributed by atoms with Gasteiger partial charge in [-0.1, -0.05) is 90.4 Å². The zero-order chi connectivity index (χ0) is 19.1. The molecule has 0 radical (unpaired) electrons. The summed E-state index contributed by atoms with van der Waals surface area (Å²) >= 11 is 0. The van der Waals surface area contributed by atoms with E-state index in [9.17, 15) is 4.79 Å². The second-order valence-electron chi connectivity index (χ2n) is 7.44. The Bertz CT molecular complexity index is 285. The third-order valence-electron chi connectivity index (χ3n) is 4.77. The Morgan fingerprint density at radius 3 is 1.65 bits per heavy atom. The number of carbonyl (C=O) groups is 1. The smallest absolute Gasteiger partial charge is 0.233 e. The molecular weight excluding hydrogens is 324 g/mol. The molecule has 0 spiro atoms. The maximum absolute atomic E-state index is 11.2. The van der Waals surface area contributed by atoms with Crippen molar-refractivity contribution in [3.8, 4) is 0 Å². The molecule has 0 aliphatic heterocycles. The van der Waals surface area contributed by atoms with Gasteiger partial charge >= 0.3 is 0 Å². The highest BCUT2D eigenvalue weighted by Crippen LogP contribution is 2.12. The highest BCUT2D eigenvalue weighted by atomic mass is 16.5. The minimum atomic E-state index is 0.0551. The zero-order valence-electron chi connectivity index (χ0n) is 17.8. The van der Waals surface area contributed by atoms with Crippen LogP contribution >= 0.6 is 0 Å². The first-order valence-corrected chi connectivity index (χ1v) is 11.3. The third-order valence-corrected chi connectivity index (χ3v) is 4.77. The Kier molecular flexibility index (Phi) is 21.9. The molecule has 26 heavy (non-hydrogen) atoms. The standard InChI is InChI=1S/C22H46N2O2/c1-3-4-5-6-7-8-9-10-11-12-13-14-15-16-19-26-20-17-18-24-22(25)21-23-2/h23H,3-21H2,1-2H3,(H,24,25). The average molecular weight is 371 g/mol. The van der Waals surface area contributed by atoms with Crippen LogP contribution in [0.4, 0.5) is 0 Å². The van der Waals surface area contributed by atoms with Crippen LogP contribution in [0.2, 0.25) is 0 Å². The predicted molar refractivity (Wildman–Crippen MR) is 113 cm³/mol. The monoisotopic (exact) mass is 370 g/mol. The second-order valence-corrected chi connectivity index (χ2v) is 7.44. The van der Waals surface area contributed by atoms with Crippen molar-refractivity contribution in [3.63, 3.8) is 0 Å². The molecular formula is C22H46N2O2. The lowest BCUT2D eigenvalue weighted by Gasteiger charge is -2.06. The minimum absolute atomic E-state index is 0.0551. The van der Waals surface area contributed by atoms with Crippen molar-refractivity contribution in [3.05, 3.63) is 0 Å². The first-order chi connectivity index (χ1) is 12.8. The van der Waals surface area contributed by atoms with Crippen molar-refractivity contribution in [2.75, 3.05) is 33.4 Å². The summed E-state index contributed by atoms with van der Waals surface area (Å²) in [4.78, 5) is 11.2. The molecule has 0 saturated carbocycles. The van der Waals surface area contributed by atoms with Gasteiger partial charge in [-0.3, -0.25) is 4.79 Å². The maximum atomic E-state index is 11.2. The quantitative estimate of drug-likeness (QED) is 0.273. The highest BCUT2D eigenvalue weighted by molar-refractivity contribution is 5.77. The van der Waals surface area contributed by atoms with Crippen molar-refractivity contribution in [1.29, 1.82) is 0 Å². The zero-order valence-corrected chi connectivity index (χ0v) is 17.8. The van der Waals surface area contributed by atoms with E-state index in [-0.39, 0.29) is 5.91 Å². The lowest BCUT2D eigenvalue weighted by atomic mass is 10.0. The first-order valence-electron chi connectivity index (χ1n) is 11.3. The van der Waals surface area contributed by atoms with Gasteiger partial charge in [0.25, 0.3) is 0 Å². The van der Waals surface area contributed by atoms with Crippen LogP contribution in [0.15, 0.2) is 0 Å². The molecule has 0 heterocycles. The van der Waals surface area contributed by atoms with E-state index in [0.717, 1.165) is 19.6 Å². The number of hydrogen-bond acceptors (Lipinski definition) is 3. The number of ether oxygens (including phenoxy) is 1. The lowest BCUT2D eigenvalue weighted by molar-refractivity contribution is -0.120. The fourth-order valence-corrected chi connectivity index (χ4v) is 3.13. The Hall–Kier alpha value is -0.610. The molecule has 2 N–H and O–H groups in total. The number of amides is 1. The fraction of sp³-hybridized carbons (Fsp3) is 0.955. The molecule has 0 saturated heterocycles. The van der Waals surface area contributed by atoms with Gasteiger partial charge in [-0.25, -0.2) is 0 Å². The molecule has 0 atom stereocenters. The number of likely N-dealkylation sites (N-methyl/N-ethyl adjacent to an activating group) is 1. The van der Waals surface area contributed by atoms with Crippen LogP contribution in [-0.2, 0) is 9.53 Å². The van der Waals surface area contributed by atoms with E-state index in [1.165, 1.54) is 89.9 Å². The van der Waals surface area contributed by atoms with E-state index in [4.69, 9.17) is 4.74 Å². The summed E-state index contributed by atoms with van der Waals surface area (Å²) in [6.07, 6.45) is 20.3. The molecule has 0 bridgehead atoms. The number of nitrogens with one attached hydrogen (secondary N) is 2. The van der Waals surface area contributed by atoms with Gasteiger partial charge in [0.15, 0.2) is 0 Å². The van der Waals surface area contributed by atoms with Crippen LogP contribution in [0.1, 0.15) is 103 Å². The average Bonchev–Trinajstić information content (AvgIpc) is 2.64. The van der Waals surface area contributed by atoms with Crippen LogP contribution in [0.25, 0.3) is 0 Å². The van der Waals surface area contributed by atoms with E-state index in [1.807, 2.05) is 0 Å². The van der Waals surface area contributed by atoms with Crippen LogP contribution in [0, 0.1) is 0 Å². The summed E-state index contributed by atoms with van der Waals surface area (Å²) in [5.41, 5.74) is 0. The van der Waals surface area contributed by atoms with Crippen molar-refractivity contribution >= 4 is 5.91 Å². The second kappa shape index (κ2) is 22.4. The Balaban J connectivity index is 3.02. The summed E-state index contributed by atoms with van der Waals surface area (Å²) in [5, 5.41) is 5.69.